The highest BCUT2D eigenvalue weighted by Gasteiger charge is 2.32. The van der Waals surface area contributed by atoms with Gasteiger partial charge in [-0.3, -0.25) is 9.69 Å². The molecule has 2 saturated heterocycles. The average Bonchev–Trinajstić information content (AvgIpc) is 2.23. The highest BCUT2D eigenvalue weighted by Crippen LogP contribution is 2.09. The molecule has 0 saturated carbocycles. The number of carbonyl (C=O) groups excluding carboxylic acids is 2. The first-order valence-electron chi connectivity index (χ1n) is 5.69. The SMILES string of the molecule is O=C(F)NC1CN(C(=O)CN2CCOCC2)C1. The van der Waals surface area contributed by atoms with Crippen molar-refractivity contribution in [2.45, 2.75) is 6.04 Å². The summed E-state index contributed by atoms with van der Waals surface area (Å²) in [6, 6.07) is -0.235. The molecule has 2 fully saturated rings. The van der Waals surface area contributed by atoms with E-state index in [1.165, 1.54) is 0 Å². The summed E-state index contributed by atoms with van der Waals surface area (Å²) in [5.74, 6) is 0.0243. The standard InChI is InChI=1S/C10H16FN3O3/c11-10(16)12-8-5-14(6-8)9(15)7-13-1-3-17-4-2-13/h8H,1-7H2,(H,12,16). The Morgan fingerprint density at radius 1 is 1.29 bits per heavy atom. The van der Waals surface area contributed by atoms with Crippen molar-refractivity contribution in [1.29, 1.82) is 0 Å². The minimum absolute atomic E-state index is 0.0243. The predicted molar refractivity (Wildman–Crippen MR) is 57.3 cm³/mol. The normalized spacial score (nSPS) is 22.1. The lowest BCUT2D eigenvalue weighted by molar-refractivity contribution is -0.138. The summed E-state index contributed by atoms with van der Waals surface area (Å²) < 4.78 is 17.2. The van der Waals surface area contributed by atoms with Gasteiger partial charge in [0.1, 0.15) is 0 Å². The highest BCUT2D eigenvalue weighted by atomic mass is 19.1. The molecular formula is C10H16FN3O3. The number of carbonyl (C=O) groups is 2. The molecule has 7 heteroatoms. The van der Waals surface area contributed by atoms with Crippen LogP contribution in [-0.2, 0) is 9.53 Å². The molecule has 17 heavy (non-hydrogen) atoms. The van der Waals surface area contributed by atoms with Gasteiger partial charge in [0, 0.05) is 26.2 Å². The second kappa shape index (κ2) is 5.42. The first-order chi connectivity index (χ1) is 8.15. The first kappa shape index (κ1) is 12.3. The Balaban J connectivity index is 1.66. The number of likely N-dealkylation sites (tertiary alicyclic amines) is 1. The van der Waals surface area contributed by atoms with Crippen LogP contribution in [-0.4, -0.2) is 73.8 Å². The van der Waals surface area contributed by atoms with Crippen molar-refractivity contribution in [2.24, 2.45) is 0 Å². The molecule has 2 aliphatic heterocycles. The molecule has 0 spiro atoms. The molecule has 6 nitrogen and oxygen atoms in total. The number of amides is 2. The summed E-state index contributed by atoms with van der Waals surface area (Å²) in [4.78, 5) is 25.6. The van der Waals surface area contributed by atoms with E-state index in [0.717, 1.165) is 13.1 Å². The van der Waals surface area contributed by atoms with Gasteiger partial charge in [0.05, 0.1) is 25.8 Å². The van der Waals surface area contributed by atoms with Gasteiger partial charge in [-0.05, 0) is 0 Å². The molecular weight excluding hydrogens is 229 g/mol. The van der Waals surface area contributed by atoms with Crippen molar-refractivity contribution < 1.29 is 18.7 Å². The molecule has 2 amide bonds. The summed E-state index contributed by atoms with van der Waals surface area (Å²) in [5, 5.41) is 2.13. The number of nitrogens with zero attached hydrogens (tertiary/aromatic N) is 2. The number of nitrogens with one attached hydrogen (secondary N) is 1. The van der Waals surface area contributed by atoms with E-state index in [9.17, 15) is 14.0 Å². The Labute approximate surface area is 98.7 Å². The first-order valence-corrected chi connectivity index (χ1v) is 5.69. The van der Waals surface area contributed by atoms with Crippen LogP contribution in [0.1, 0.15) is 0 Å². The Kier molecular flexibility index (Phi) is 3.90. The van der Waals surface area contributed by atoms with Crippen LogP contribution in [0.3, 0.4) is 0 Å². The quantitative estimate of drug-likeness (QED) is 0.523. The fraction of sp³-hybridized carbons (Fsp3) is 0.800. The number of morpholine rings is 1. The van der Waals surface area contributed by atoms with Crippen molar-refractivity contribution >= 4 is 12.1 Å². The van der Waals surface area contributed by atoms with Gasteiger partial charge in [0.2, 0.25) is 5.91 Å². The van der Waals surface area contributed by atoms with E-state index in [1.54, 1.807) is 4.90 Å². The fourth-order valence-corrected chi connectivity index (χ4v) is 1.98. The Bertz CT molecular complexity index is 301. The summed E-state index contributed by atoms with van der Waals surface area (Å²) >= 11 is 0. The van der Waals surface area contributed by atoms with Crippen molar-refractivity contribution in [3.63, 3.8) is 0 Å². The lowest BCUT2D eigenvalue weighted by Crippen LogP contribution is -2.62. The second-order valence-corrected chi connectivity index (χ2v) is 4.30. The van der Waals surface area contributed by atoms with E-state index in [4.69, 9.17) is 4.74 Å². The van der Waals surface area contributed by atoms with Crippen LogP contribution in [0.4, 0.5) is 9.18 Å². The summed E-state index contributed by atoms with van der Waals surface area (Å²) in [5.41, 5.74) is 0. The van der Waals surface area contributed by atoms with Gasteiger partial charge >= 0.3 is 6.16 Å². The molecule has 2 heterocycles. The van der Waals surface area contributed by atoms with E-state index in [-0.39, 0.29) is 11.9 Å². The molecule has 0 bridgehead atoms. The Morgan fingerprint density at radius 3 is 2.53 bits per heavy atom. The van der Waals surface area contributed by atoms with Gasteiger partial charge < -0.3 is 15.0 Å². The largest absolute Gasteiger partial charge is 0.397 e. The van der Waals surface area contributed by atoms with Gasteiger partial charge in [0.25, 0.3) is 0 Å². The van der Waals surface area contributed by atoms with Gasteiger partial charge in [0.15, 0.2) is 0 Å². The van der Waals surface area contributed by atoms with Gasteiger partial charge in [-0.2, -0.15) is 0 Å². The van der Waals surface area contributed by atoms with E-state index >= 15 is 0 Å². The molecule has 0 radical (unpaired) electrons. The molecule has 0 aliphatic carbocycles. The van der Waals surface area contributed by atoms with E-state index < -0.39 is 6.16 Å². The van der Waals surface area contributed by atoms with Crippen LogP contribution in [0.2, 0.25) is 0 Å². The highest BCUT2D eigenvalue weighted by molar-refractivity contribution is 5.79. The van der Waals surface area contributed by atoms with Crippen molar-refractivity contribution in [1.82, 2.24) is 15.1 Å². The number of ether oxygens (including phenoxy) is 1. The smallest absolute Gasteiger partial charge is 0.379 e. The van der Waals surface area contributed by atoms with Crippen LogP contribution in [0, 0.1) is 0 Å². The van der Waals surface area contributed by atoms with E-state index in [0.29, 0.717) is 32.8 Å². The minimum Gasteiger partial charge on any atom is -0.379 e. The zero-order valence-corrected chi connectivity index (χ0v) is 9.52. The van der Waals surface area contributed by atoms with Crippen LogP contribution in [0.5, 0.6) is 0 Å². The van der Waals surface area contributed by atoms with Gasteiger partial charge in [-0.25, -0.2) is 4.79 Å². The lowest BCUT2D eigenvalue weighted by Gasteiger charge is -2.40. The maximum atomic E-state index is 12.0. The van der Waals surface area contributed by atoms with E-state index in [1.807, 2.05) is 4.90 Å². The Morgan fingerprint density at radius 2 is 1.94 bits per heavy atom. The third kappa shape index (κ3) is 3.37. The molecule has 0 atom stereocenters. The number of rotatable bonds is 3. The third-order valence-electron chi connectivity index (χ3n) is 3.01. The molecule has 96 valence electrons. The molecule has 2 aliphatic rings. The summed E-state index contributed by atoms with van der Waals surface area (Å²) in [6.07, 6.45) is -1.53. The second-order valence-electron chi connectivity index (χ2n) is 4.30. The van der Waals surface area contributed by atoms with Crippen LogP contribution in [0.15, 0.2) is 0 Å². The fourth-order valence-electron chi connectivity index (χ4n) is 1.98. The zero-order chi connectivity index (χ0) is 12.3. The van der Waals surface area contributed by atoms with E-state index in [2.05, 4.69) is 5.32 Å². The molecule has 0 aromatic heterocycles. The summed E-state index contributed by atoms with van der Waals surface area (Å²) in [6.45, 7) is 4.04. The molecule has 0 aromatic carbocycles. The predicted octanol–water partition coefficient (Wildman–Crippen LogP) is -0.791. The van der Waals surface area contributed by atoms with Crippen LogP contribution in [0.25, 0.3) is 0 Å². The molecule has 1 N–H and O–H groups in total. The van der Waals surface area contributed by atoms with Crippen molar-refractivity contribution in [3.05, 3.63) is 0 Å². The van der Waals surface area contributed by atoms with Crippen LogP contribution < -0.4 is 5.32 Å². The average molecular weight is 245 g/mol. The summed E-state index contributed by atoms with van der Waals surface area (Å²) in [7, 11) is 0. The maximum absolute atomic E-state index is 12.0. The lowest BCUT2D eigenvalue weighted by atomic mass is 10.1. The number of hydrogen-bond donors (Lipinski definition) is 1. The third-order valence-corrected chi connectivity index (χ3v) is 3.01. The van der Waals surface area contributed by atoms with Crippen molar-refractivity contribution in [2.75, 3.05) is 45.9 Å². The monoisotopic (exact) mass is 245 g/mol. The number of halogens is 1. The van der Waals surface area contributed by atoms with Gasteiger partial charge in [-0.1, -0.05) is 0 Å². The maximum Gasteiger partial charge on any atom is 0.397 e. The topological polar surface area (TPSA) is 61.9 Å². The molecule has 0 unspecified atom stereocenters. The zero-order valence-electron chi connectivity index (χ0n) is 9.52. The molecule has 2 rings (SSSR count). The van der Waals surface area contributed by atoms with Crippen LogP contribution >= 0.6 is 0 Å². The minimum atomic E-state index is -1.53. The number of hydrogen-bond acceptors (Lipinski definition) is 4. The van der Waals surface area contributed by atoms with Gasteiger partial charge in [-0.15, -0.1) is 4.39 Å². The Hall–Kier alpha value is -1.21. The molecule has 0 aromatic rings. The van der Waals surface area contributed by atoms with Crippen molar-refractivity contribution in [3.8, 4) is 0 Å².